The fourth-order valence-electron chi connectivity index (χ4n) is 2.11. The highest BCUT2D eigenvalue weighted by Crippen LogP contribution is 2.17. The average molecular weight is 296 g/mol. The fraction of sp³-hybridized carbons (Fsp3) is 0.765. The van der Waals surface area contributed by atoms with E-state index in [0.717, 1.165) is 50.9 Å². The van der Waals surface area contributed by atoms with E-state index in [-0.39, 0.29) is 5.54 Å². The summed E-state index contributed by atoms with van der Waals surface area (Å²) in [6.07, 6.45) is 0. The topological polar surface area (TPSA) is 37.6 Å². The summed E-state index contributed by atoms with van der Waals surface area (Å²) in [5.41, 5.74) is 1.37. The number of rotatable bonds is 9. The van der Waals surface area contributed by atoms with Gasteiger partial charge in [-0.25, -0.2) is 0 Å². The molecule has 1 N–H and O–H groups in total. The number of nitrogens with zero attached hydrogens (tertiary/aromatic N) is 1. The van der Waals surface area contributed by atoms with E-state index in [9.17, 15) is 0 Å². The molecule has 4 heteroatoms. The number of aryl methyl sites for hydroxylation is 1. The lowest BCUT2D eigenvalue weighted by atomic mass is 10.1. The second-order valence-corrected chi connectivity index (χ2v) is 6.46. The van der Waals surface area contributed by atoms with Gasteiger partial charge in [0.2, 0.25) is 0 Å². The molecule has 0 saturated heterocycles. The van der Waals surface area contributed by atoms with Crippen molar-refractivity contribution >= 4 is 0 Å². The van der Waals surface area contributed by atoms with Gasteiger partial charge in [-0.1, -0.05) is 6.92 Å². The summed E-state index contributed by atoms with van der Waals surface area (Å²) in [6.45, 7) is 18.0. The van der Waals surface area contributed by atoms with Crippen molar-refractivity contribution < 1.29 is 9.15 Å². The molecule has 1 heterocycles. The molecule has 21 heavy (non-hydrogen) atoms. The monoisotopic (exact) mass is 296 g/mol. The smallest absolute Gasteiger partial charge is 0.118 e. The molecular weight excluding hydrogens is 264 g/mol. The first-order chi connectivity index (χ1) is 9.85. The molecule has 0 amide bonds. The Morgan fingerprint density at radius 3 is 2.57 bits per heavy atom. The Balaban J connectivity index is 2.55. The van der Waals surface area contributed by atoms with Crippen LogP contribution in [0.25, 0.3) is 0 Å². The number of nitrogens with one attached hydrogen (secondary N) is 1. The summed E-state index contributed by atoms with van der Waals surface area (Å²) in [5.74, 6) is 2.05. The molecule has 1 aromatic heterocycles. The molecule has 0 aliphatic heterocycles. The van der Waals surface area contributed by atoms with Crippen LogP contribution in [0.2, 0.25) is 0 Å². The van der Waals surface area contributed by atoms with Gasteiger partial charge in [-0.2, -0.15) is 0 Å². The van der Waals surface area contributed by atoms with Gasteiger partial charge >= 0.3 is 0 Å². The van der Waals surface area contributed by atoms with E-state index >= 15 is 0 Å². The van der Waals surface area contributed by atoms with Crippen LogP contribution >= 0.6 is 0 Å². The molecule has 0 spiro atoms. The first-order valence-corrected chi connectivity index (χ1v) is 7.99. The van der Waals surface area contributed by atoms with Crippen LogP contribution in [0.15, 0.2) is 10.5 Å². The minimum atomic E-state index is 0.122. The maximum Gasteiger partial charge on any atom is 0.118 e. The van der Waals surface area contributed by atoms with Gasteiger partial charge in [-0.3, -0.25) is 4.90 Å². The van der Waals surface area contributed by atoms with E-state index in [0.29, 0.717) is 0 Å². The minimum absolute atomic E-state index is 0.122. The summed E-state index contributed by atoms with van der Waals surface area (Å²) >= 11 is 0. The third-order valence-corrected chi connectivity index (χ3v) is 3.46. The molecular formula is C17H32N2O2. The maximum absolute atomic E-state index is 5.90. The van der Waals surface area contributed by atoms with Crippen molar-refractivity contribution in [1.82, 2.24) is 10.2 Å². The molecule has 4 nitrogen and oxygen atoms in total. The van der Waals surface area contributed by atoms with Gasteiger partial charge < -0.3 is 14.5 Å². The summed E-state index contributed by atoms with van der Waals surface area (Å²) in [5, 5.41) is 3.51. The summed E-state index contributed by atoms with van der Waals surface area (Å²) in [4.78, 5) is 2.34. The first kappa shape index (κ1) is 18.2. The quantitative estimate of drug-likeness (QED) is 0.709. The third kappa shape index (κ3) is 7.11. The van der Waals surface area contributed by atoms with Crippen LogP contribution < -0.4 is 5.32 Å². The van der Waals surface area contributed by atoms with E-state index in [1.54, 1.807) is 0 Å². The van der Waals surface area contributed by atoms with E-state index in [4.69, 9.17) is 9.15 Å². The average Bonchev–Trinajstić information content (AvgIpc) is 2.75. The highest BCUT2D eigenvalue weighted by atomic mass is 16.5. The highest BCUT2D eigenvalue weighted by Gasteiger charge is 2.14. The van der Waals surface area contributed by atoms with Gasteiger partial charge in [-0.05, 0) is 47.2 Å². The van der Waals surface area contributed by atoms with Crippen molar-refractivity contribution in [3.8, 4) is 0 Å². The molecule has 122 valence electrons. The highest BCUT2D eigenvalue weighted by molar-refractivity contribution is 5.21. The molecule has 0 radical (unpaired) electrons. The molecule has 0 aromatic carbocycles. The normalized spacial score (nSPS) is 12.3. The Morgan fingerprint density at radius 2 is 2.00 bits per heavy atom. The fourth-order valence-corrected chi connectivity index (χ4v) is 2.11. The minimum Gasteiger partial charge on any atom is -0.465 e. The lowest BCUT2D eigenvalue weighted by Gasteiger charge is -2.20. The molecule has 0 atom stereocenters. The second-order valence-electron chi connectivity index (χ2n) is 6.46. The molecule has 0 aliphatic rings. The molecule has 1 rings (SSSR count). The Labute approximate surface area is 129 Å². The maximum atomic E-state index is 5.90. The van der Waals surface area contributed by atoms with Crippen LogP contribution in [0.5, 0.6) is 0 Å². The van der Waals surface area contributed by atoms with E-state index in [1.165, 1.54) is 5.56 Å². The Kier molecular flexibility index (Phi) is 7.43. The predicted molar refractivity (Wildman–Crippen MR) is 87.5 cm³/mol. The van der Waals surface area contributed by atoms with Gasteiger partial charge in [0.1, 0.15) is 11.5 Å². The summed E-state index contributed by atoms with van der Waals surface area (Å²) in [6, 6.07) is 2.18. The SMILES string of the molecule is CCOCCN(CC)Cc1cc(CNC(C)(C)C)c(C)o1. The zero-order chi connectivity index (χ0) is 15.9. The molecule has 0 aliphatic carbocycles. The predicted octanol–water partition coefficient (Wildman–Crippen LogP) is 3.33. The van der Waals surface area contributed by atoms with E-state index in [1.807, 2.05) is 13.8 Å². The van der Waals surface area contributed by atoms with Crippen LogP contribution in [0.4, 0.5) is 0 Å². The Bertz CT molecular complexity index is 407. The standard InChI is InChI=1S/C17H32N2O2/c1-7-19(9-10-20-8-2)13-16-11-15(14(3)21-16)12-18-17(4,5)6/h11,18H,7-10,12-13H2,1-6H3. The molecule has 0 fully saturated rings. The van der Waals surface area contributed by atoms with Gasteiger partial charge in [0.25, 0.3) is 0 Å². The largest absolute Gasteiger partial charge is 0.465 e. The lowest BCUT2D eigenvalue weighted by molar-refractivity contribution is 0.110. The van der Waals surface area contributed by atoms with Crippen LogP contribution in [0, 0.1) is 6.92 Å². The summed E-state index contributed by atoms with van der Waals surface area (Å²) in [7, 11) is 0. The first-order valence-electron chi connectivity index (χ1n) is 7.99. The van der Waals surface area contributed by atoms with Gasteiger partial charge in [0, 0.05) is 30.8 Å². The van der Waals surface area contributed by atoms with E-state index < -0.39 is 0 Å². The van der Waals surface area contributed by atoms with Crippen molar-refractivity contribution in [3.63, 3.8) is 0 Å². The van der Waals surface area contributed by atoms with E-state index in [2.05, 4.69) is 44.0 Å². The third-order valence-electron chi connectivity index (χ3n) is 3.46. The van der Waals surface area contributed by atoms with Gasteiger partial charge in [-0.15, -0.1) is 0 Å². The summed E-state index contributed by atoms with van der Waals surface area (Å²) < 4.78 is 11.3. The molecule has 0 bridgehead atoms. The number of hydrogen-bond acceptors (Lipinski definition) is 4. The number of likely N-dealkylation sites (N-methyl/N-ethyl adjacent to an activating group) is 1. The van der Waals surface area contributed by atoms with Crippen molar-refractivity contribution in [1.29, 1.82) is 0 Å². The lowest BCUT2D eigenvalue weighted by Crippen LogP contribution is -2.35. The Morgan fingerprint density at radius 1 is 1.29 bits per heavy atom. The van der Waals surface area contributed by atoms with Crippen LogP contribution in [0.1, 0.15) is 51.7 Å². The zero-order valence-corrected chi connectivity index (χ0v) is 14.6. The number of furan rings is 1. The molecule has 1 aromatic rings. The van der Waals surface area contributed by atoms with Crippen molar-refractivity contribution in [3.05, 3.63) is 23.2 Å². The van der Waals surface area contributed by atoms with Crippen LogP contribution in [0.3, 0.4) is 0 Å². The zero-order valence-electron chi connectivity index (χ0n) is 14.6. The van der Waals surface area contributed by atoms with Crippen LogP contribution in [-0.4, -0.2) is 36.7 Å². The number of hydrogen-bond donors (Lipinski definition) is 1. The number of ether oxygens (including phenoxy) is 1. The van der Waals surface area contributed by atoms with Crippen molar-refractivity contribution in [2.75, 3.05) is 26.3 Å². The molecule has 0 unspecified atom stereocenters. The second kappa shape index (κ2) is 8.57. The Hall–Kier alpha value is -0.840. The van der Waals surface area contributed by atoms with Crippen molar-refractivity contribution in [2.45, 2.75) is 60.2 Å². The van der Waals surface area contributed by atoms with Gasteiger partial charge in [0.15, 0.2) is 0 Å². The van der Waals surface area contributed by atoms with Gasteiger partial charge in [0.05, 0.1) is 13.2 Å². The van der Waals surface area contributed by atoms with Crippen LogP contribution in [-0.2, 0) is 17.8 Å². The molecule has 0 saturated carbocycles. The van der Waals surface area contributed by atoms with Crippen molar-refractivity contribution in [2.24, 2.45) is 0 Å².